The van der Waals surface area contributed by atoms with Crippen LogP contribution in [0.4, 0.5) is 19.3 Å². The molecule has 0 aliphatic carbocycles. The van der Waals surface area contributed by atoms with Crippen LogP contribution in [0.3, 0.4) is 0 Å². The third kappa shape index (κ3) is 6.51. The molecule has 0 fully saturated rings. The summed E-state index contributed by atoms with van der Waals surface area (Å²) in [5.74, 6) is -3.75. The fourth-order valence-electron chi connectivity index (χ4n) is 2.75. The van der Waals surface area contributed by atoms with Crippen LogP contribution in [0, 0.1) is 11.6 Å². The first-order valence-corrected chi connectivity index (χ1v) is 9.91. The summed E-state index contributed by atoms with van der Waals surface area (Å²) in [6, 6.07) is 9.55. The average Bonchev–Trinajstić information content (AvgIpc) is 2.79. The number of nitrogens with zero attached hydrogens (tertiary/aromatic N) is 1. The van der Waals surface area contributed by atoms with Crippen molar-refractivity contribution in [1.29, 1.82) is 0 Å². The molecule has 178 valence electrons. The molecule has 0 unspecified atom stereocenters. The molecule has 0 aliphatic rings. The quantitative estimate of drug-likeness (QED) is 0.373. The molecule has 0 spiro atoms. The lowest BCUT2D eigenvalue weighted by atomic mass is 10.1. The zero-order valence-electron chi connectivity index (χ0n) is 17.8. The van der Waals surface area contributed by atoms with Gasteiger partial charge in [-0.05, 0) is 24.6 Å². The number of rotatable bonds is 9. The molecule has 12 heteroatoms. The maximum atomic E-state index is 14.4. The summed E-state index contributed by atoms with van der Waals surface area (Å²) in [5.41, 5.74) is -0.759. The van der Waals surface area contributed by atoms with E-state index in [0.29, 0.717) is 5.56 Å². The molecule has 0 saturated carbocycles. The highest BCUT2D eigenvalue weighted by atomic mass is 19.1. The zero-order valence-corrected chi connectivity index (χ0v) is 17.8. The van der Waals surface area contributed by atoms with Crippen LogP contribution in [0.25, 0.3) is 0 Å². The second-order valence-corrected chi connectivity index (χ2v) is 7.09. The van der Waals surface area contributed by atoms with E-state index >= 15 is 0 Å². The minimum atomic E-state index is -1.24. The summed E-state index contributed by atoms with van der Waals surface area (Å²) in [4.78, 5) is 41.2. The molecule has 10 nitrogen and oxygen atoms in total. The summed E-state index contributed by atoms with van der Waals surface area (Å²) in [5, 5.41) is 13.0. The molecule has 2 amide bonds. The van der Waals surface area contributed by atoms with Crippen LogP contribution in [0.2, 0.25) is 0 Å². The van der Waals surface area contributed by atoms with E-state index in [9.17, 15) is 23.2 Å². The Morgan fingerprint density at radius 3 is 2.44 bits per heavy atom. The van der Waals surface area contributed by atoms with Gasteiger partial charge in [0.2, 0.25) is 0 Å². The fourth-order valence-corrected chi connectivity index (χ4v) is 2.75. The number of aromatic amines is 1. The van der Waals surface area contributed by atoms with Crippen molar-refractivity contribution in [3.63, 3.8) is 0 Å². The Morgan fingerprint density at radius 1 is 1.15 bits per heavy atom. The van der Waals surface area contributed by atoms with Gasteiger partial charge in [0.05, 0.1) is 12.2 Å². The van der Waals surface area contributed by atoms with Crippen LogP contribution in [0.15, 0.2) is 53.5 Å². The van der Waals surface area contributed by atoms with Gasteiger partial charge in [-0.25, -0.2) is 18.6 Å². The first-order chi connectivity index (χ1) is 16.2. The molecule has 0 bridgehead atoms. The van der Waals surface area contributed by atoms with E-state index in [-0.39, 0.29) is 30.5 Å². The van der Waals surface area contributed by atoms with E-state index in [1.807, 2.05) is 0 Å². The van der Waals surface area contributed by atoms with Crippen molar-refractivity contribution in [1.82, 2.24) is 15.3 Å². The monoisotopic (exact) mass is 474 g/mol. The van der Waals surface area contributed by atoms with Crippen molar-refractivity contribution in [2.24, 2.45) is 0 Å². The van der Waals surface area contributed by atoms with Crippen LogP contribution >= 0.6 is 0 Å². The van der Waals surface area contributed by atoms with Crippen LogP contribution < -0.4 is 25.7 Å². The summed E-state index contributed by atoms with van der Waals surface area (Å²) in [7, 11) is 0. The molecule has 3 aromatic rings. The van der Waals surface area contributed by atoms with Crippen LogP contribution in [-0.2, 0) is 6.61 Å². The van der Waals surface area contributed by atoms with E-state index in [2.05, 4.69) is 20.6 Å². The van der Waals surface area contributed by atoms with Crippen LogP contribution in [-0.4, -0.2) is 39.7 Å². The van der Waals surface area contributed by atoms with E-state index in [0.717, 1.165) is 18.3 Å². The Hall–Kier alpha value is -4.48. The SMILES string of the molecule is C[C@@H](COc1ncc(NC(=O)c2cc(F)c(OCc3ccccc3)c(F)c2)c(=O)[nH]1)NC(=O)O. The Bertz CT molecular complexity index is 1210. The zero-order chi connectivity index (χ0) is 24.7. The van der Waals surface area contributed by atoms with Crippen LogP contribution in [0.5, 0.6) is 11.8 Å². The van der Waals surface area contributed by atoms with E-state index in [1.54, 1.807) is 30.3 Å². The largest absolute Gasteiger partial charge is 0.483 e. The predicted octanol–water partition coefficient (Wildman–Crippen LogP) is 2.91. The molecule has 1 aromatic heterocycles. The Kier molecular flexibility index (Phi) is 7.75. The number of ether oxygens (including phenoxy) is 2. The first-order valence-electron chi connectivity index (χ1n) is 9.91. The lowest BCUT2D eigenvalue weighted by molar-refractivity contribution is 0.102. The number of halogens is 2. The van der Waals surface area contributed by atoms with Gasteiger partial charge in [0.25, 0.3) is 17.5 Å². The second kappa shape index (κ2) is 10.9. The molecule has 0 saturated heterocycles. The standard InChI is InChI=1S/C22H20F2N4O6/c1-12(26-22(31)32)10-34-21-25-9-17(20(30)28-21)27-19(29)14-7-15(23)18(16(24)8-14)33-11-13-5-3-2-4-6-13/h2-9,12,26H,10-11H2,1H3,(H,27,29)(H,31,32)(H,25,28,30)/t12-/m0/s1. The van der Waals surface area contributed by atoms with Gasteiger partial charge in [-0.15, -0.1) is 0 Å². The van der Waals surface area contributed by atoms with Gasteiger partial charge in [0.15, 0.2) is 17.4 Å². The first kappa shape index (κ1) is 24.2. The average molecular weight is 474 g/mol. The lowest BCUT2D eigenvalue weighted by Crippen LogP contribution is -2.36. The van der Waals surface area contributed by atoms with Gasteiger partial charge in [-0.3, -0.25) is 14.6 Å². The Labute approximate surface area is 191 Å². The van der Waals surface area contributed by atoms with Crippen molar-refractivity contribution < 1.29 is 33.0 Å². The summed E-state index contributed by atoms with van der Waals surface area (Å²) < 4.78 is 39.2. The minimum Gasteiger partial charge on any atom is -0.483 e. The summed E-state index contributed by atoms with van der Waals surface area (Å²) >= 11 is 0. The number of hydrogen-bond donors (Lipinski definition) is 4. The fraction of sp³-hybridized carbons (Fsp3) is 0.182. The summed E-state index contributed by atoms with van der Waals surface area (Å²) in [6.45, 7) is 1.36. The summed E-state index contributed by atoms with van der Waals surface area (Å²) in [6.07, 6.45) is -0.245. The molecule has 3 rings (SSSR count). The number of hydrogen-bond acceptors (Lipinski definition) is 6. The highest BCUT2D eigenvalue weighted by Gasteiger charge is 2.18. The number of carboxylic acid groups (broad SMARTS) is 1. The van der Waals surface area contributed by atoms with E-state index in [4.69, 9.17) is 14.6 Å². The van der Waals surface area contributed by atoms with Crippen molar-refractivity contribution in [2.75, 3.05) is 11.9 Å². The molecule has 34 heavy (non-hydrogen) atoms. The predicted molar refractivity (Wildman–Crippen MR) is 116 cm³/mol. The van der Waals surface area contributed by atoms with Crippen LogP contribution in [0.1, 0.15) is 22.8 Å². The smallest absolute Gasteiger partial charge is 0.404 e. The molecular formula is C22H20F2N4O6. The van der Waals surface area contributed by atoms with Gasteiger partial charge < -0.3 is 25.2 Å². The number of amides is 2. The van der Waals surface area contributed by atoms with Gasteiger partial charge in [-0.2, -0.15) is 0 Å². The molecule has 1 atom stereocenters. The van der Waals surface area contributed by atoms with E-state index < -0.39 is 41.0 Å². The highest BCUT2D eigenvalue weighted by molar-refractivity contribution is 6.04. The molecule has 0 aliphatic heterocycles. The number of nitrogens with one attached hydrogen (secondary N) is 3. The third-order valence-electron chi connectivity index (χ3n) is 4.35. The van der Waals surface area contributed by atoms with Crippen molar-refractivity contribution in [3.05, 3.63) is 81.8 Å². The maximum absolute atomic E-state index is 14.4. The Balaban J connectivity index is 1.64. The van der Waals surface area contributed by atoms with Crippen molar-refractivity contribution in [2.45, 2.75) is 19.6 Å². The molecule has 2 aromatic carbocycles. The van der Waals surface area contributed by atoms with Gasteiger partial charge in [0, 0.05) is 5.56 Å². The number of H-pyrrole nitrogens is 1. The Morgan fingerprint density at radius 2 is 1.82 bits per heavy atom. The van der Waals surface area contributed by atoms with Gasteiger partial charge in [0.1, 0.15) is 18.9 Å². The van der Waals surface area contributed by atoms with Gasteiger partial charge in [-0.1, -0.05) is 30.3 Å². The van der Waals surface area contributed by atoms with Gasteiger partial charge >= 0.3 is 6.09 Å². The number of anilines is 1. The molecular weight excluding hydrogens is 454 g/mol. The molecule has 0 radical (unpaired) electrons. The number of carbonyl (C=O) groups excluding carboxylic acids is 1. The third-order valence-corrected chi connectivity index (χ3v) is 4.35. The topological polar surface area (TPSA) is 143 Å². The minimum absolute atomic E-state index is 0.0686. The molecule has 1 heterocycles. The second-order valence-electron chi connectivity index (χ2n) is 7.09. The number of benzene rings is 2. The highest BCUT2D eigenvalue weighted by Crippen LogP contribution is 2.25. The van der Waals surface area contributed by atoms with Crippen molar-refractivity contribution in [3.8, 4) is 11.8 Å². The van der Waals surface area contributed by atoms with E-state index in [1.165, 1.54) is 6.92 Å². The number of aromatic nitrogens is 2. The lowest BCUT2D eigenvalue weighted by Gasteiger charge is -2.12. The van der Waals surface area contributed by atoms with Crippen molar-refractivity contribution >= 4 is 17.7 Å². The number of carbonyl (C=O) groups is 2. The molecule has 4 N–H and O–H groups in total. The maximum Gasteiger partial charge on any atom is 0.404 e. The normalized spacial score (nSPS) is 11.4.